The second-order valence-corrected chi connectivity index (χ2v) is 7.84. The van der Waals surface area contributed by atoms with Gasteiger partial charge in [0.1, 0.15) is 10.7 Å². The number of hydrogen-bond acceptors (Lipinski definition) is 3. The lowest BCUT2D eigenvalue weighted by atomic mass is 10.0. The Morgan fingerprint density at radius 1 is 1.30 bits per heavy atom. The van der Waals surface area contributed by atoms with E-state index >= 15 is 0 Å². The van der Waals surface area contributed by atoms with Crippen LogP contribution in [0.1, 0.15) is 18.4 Å². The molecule has 0 bridgehead atoms. The van der Waals surface area contributed by atoms with E-state index in [1.54, 1.807) is 6.07 Å². The summed E-state index contributed by atoms with van der Waals surface area (Å²) in [5.41, 5.74) is 0.915. The molecule has 1 aromatic heterocycles. The van der Waals surface area contributed by atoms with Gasteiger partial charge in [-0.2, -0.15) is 4.31 Å². The van der Waals surface area contributed by atoms with Gasteiger partial charge in [0, 0.05) is 23.8 Å². The van der Waals surface area contributed by atoms with Crippen LogP contribution in [-0.2, 0) is 16.4 Å². The number of nitrogens with zero attached hydrogens (tertiary/aromatic N) is 2. The first-order valence-electron chi connectivity index (χ1n) is 7.34. The molecule has 1 aromatic carbocycles. The van der Waals surface area contributed by atoms with Crippen LogP contribution in [0.2, 0.25) is 5.02 Å². The quantitative estimate of drug-likeness (QED) is 0.846. The number of rotatable bonds is 4. The largest absolute Gasteiger partial charge is 0.260 e. The van der Waals surface area contributed by atoms with E-state index in [4.69, 9.17) is 11.6 Å². The van der Waals surface area contributed by atoms with Gasteiger partial charge in [0.2, 0.25) is 10.0 Å². The molecule has 1 aliphatic heterocycles. The number of halogens is 2. The topological polar surface area (TPSA) is 50.3 Å². The molecule has 4 nitrogen and oxygen atoms in total. The van der Waals surface area contributed by atoms with E-state index in [0.717, 1.165) is 30.7 Å². The average molecular weight is 355 g/mol. The van der Waals surface area contributed by atoms with Gasteiger partial charge in [0.25, 0.3) is 0 Å². The number of sulfonamides is 1. The lowest BCUT2D eigenvalue weighted by molar-refractivity contribution is 0.385. The predicted molar refractivity (Wildman–Crippen MR) is 86.3 cm³/mol. The Balaban J connectivity index is 1.88. The van der Waals surface area contributed by atoms with Crippen molar-refractivity contribution < 1.29 is 12.8 Å². The normalized spacial score (nSPS) is 19.1. The fourth-order valence-corrected chi connectivity index (χ4v) is 4.80. The molecule has 0 radical (unpaired) electrons. The maximum absolute atomic E-state index is 13.3. The van der Waals surface area contributed by atoms with Crippen LogP contribution in [-0.4, -0.2) is 30.3 Å². The minimum Gasteiger partial charge on any atom is -0.260 e. The van der Waals surface area contributed by atoms with Gasteiger partial charge in [0.15, 0.2) is 0 Å². The van der Waals surface area contributed by atoms with Crippen LogP contribution < -0.4 is 0 Å². The summed E-state index contributed by atoms with van der Waals surface area (Å²) in [4.78, 5) is 3.54. The number of aromatic nitrogens is 1. The minimum absolute atomic E-state index is 0.108. The zero-order valence-corrected chi connectivity index (χ0v) is 13.9. The minimum atomic E-state index is -3.76. The summed E-state index contributed by atoms with van der Waals surface area (Å²) in [6.07, 6.45) is 4.25. The molecule has 0 aliphatic carbocycles. The third-order valence-corrected chi connectivity index (χ3v) is 6.31. The molecule has 3 rings (SSSR count). The van der Waals surface area contributed by atoms with Crippen molar-refractivity contribution in [2.75, 3.05) is 6.54 Å². The van der Waals surface area contributed by atoms with Crippen molar-refractivity contribution in [3.8, 4) is 0 Å². The van der Waals surface area contributed by atoms with Crippen LogP contribution in [0.4, 0.5) is 4.39 Å². The third-order valence-electron chi connectivity index (χ3n) is 4.02. The monoisotopic (exact) mass is 354 g/mol. The van der Waals surface area contributed by atoms with Gasteiger partial charge < -0.3 is 0 Å². The number of hydrogen-bond donors (Lipinski definition) is 0. The Bertz CT molecular complexity index is 813. The maximum Gasteiger partial charge on any atom is 0.244 e. The molecule has 0 saturated carbocycles. The van der Waals surface area contributed by atoms with Gasteiger partial charge in [-0.15, -0.1) is 0 Å². The van der Waals surface area contributed by atoms with Crippen molar-refractivity contribution in [3.05, 3.63) is 59.1 Å². The fourth-order valence-electron chi connectivity index (χ4n) is 2.92. The van der Waals surface area contributed by atoms with E-state index in [1.807, 2.05) is 18.2 Å². The Labute approximate surface area is 140 Å². The van der Waals surface area contributed by atoms with Crippen molar-refractivity contribution >= 4 is 21.6 Å². The van der Waals surface area contributed by atoms with Crippen LogP contribution in [0.25, 0.3) is 0 Å². The first kappa shape index (κ1) is 16.4. The molecule has 0 amide bonds. The summed E-state index contributed by atoms with van der Waals surface area (Å²) in [5.74, 6) is -0.659. The van der Waals surface area contributed by atoms with Crippen molar-refractivity contribution in [2.45, 2.75) is 30.2 Å². The molecule has 122 valence electrons. The van der Waals surface area contributed by atoms with Crippen LogP contribution in [0, 0.1) is 5.82 Å². The SMILES string of the molecule is O=S(=O)(c1cncc(F)c1)N1CCCC1Cc1ccccc1Cl. The highest BCUT2D eigenvalue weighted by Gasteiger charge is 2.35. The van der Waals surface area contributed by atoms with Gasteiger partial charge in [-0.3, -0.25) is 4.98 Å². The van der Waals surface area contributed by atoms with E-state index < -0.39 is 15.8 Å². The van der Waals surface area contributed by atoms with Gasteiger partial charge in [-0.1, -0.05) is 29.8 Å². The highest BCUT2D eigenvalue weighted by Crippen LogP contribution is 2.29. The second kappa shape index (κ2) is 6.55. The molecule has 2 aromatic rings. The molecule has 7 heteroatoms. The molecule has 23 heavy (non-hydrogen) atoms. The van der Waals surface area contributed by atoms with Crippen LogP contribution >= 0.6 is 11.6 Å². The predicted octanol–water partition coefficient (Wildman–Crippen LogP) is 3.27. The zero-order chi connectivity index (χ0) is 16.4. The van der Waals surface area contributed by atoms with E-state index in [-0.39, 0.29) is 10.9 Å². The van der Waals surface area contributed by atoms with E-state index in [9.17, 15) is 12.8 Å². The molecule has 0 N–H and O–H groups in total. The van der Waals surface area contributed by atoms with Gasteiger partial charge in [0.05, 0.1) is 6.20 Å². The molecule has 1 aliphatic rings. The molecule has 0 spiro atoms. The van der Waals surface area contributed by atoms with Gasteiger partial charge in [-0.05, 0) is 37.0 Å². The molecule has 1 unspecified atom stereocenters. The lowest BCUT2D eigenvalue weighted by Gasteiger charge is -2.24. The highest BCUT2D eigenvalue weighted by atomic mass is 35.5. The molecule has 1 atom stereocenters. The van der Waals surface area contributed by atoms with E-state index in [1.165, 1.54) is 10.5 Å². The standard InChI is InChI=1S/C16H16ClFN2O2S/c17-16-6-2-1-4-12(16)8-14-5-3-7-20(14)23(21,22)15-9-13(18)10-19-11-15/h1-2,4,6,9-11,14H,3,5,7-8H2. The summed E-state index contributed by atoms with van der Waals surface area (Å²) in [6, 6.07) is 8.24. The summed E-state index contributed by atoms with van der Waals surface area (Å²) in [6.45, 7) is 0.425. The Hall–Kier alpha value is -1.50. The number of benzene rings is 1. The van der Waals surface area contributed by atoms with E-state index in [0.29, 0.717) is 18.0 Å². The van der Waals surface area contributed by atoms with Crippen LogP contribution in [0.3, 0.4) is 0 Å². The number of pyridine rings is 1. The summed E-state index contributed by atoms with van der Waals surface area (Å²) < 4.78 is 40.3. The first-order chi connectivity index (χ1) is 11.0. The first-order valence-corrected chi connectivity index (χ1v) is 9.16. The zero-order valence-electron chi connectivity index (χ0n) is 12.3. The second-order valence-electron chi connectivity index (χ2n) is 5.55. The van der Waals surface area contributed by atoms with Gasteiger partial charge in [-0.25, -0.2) is 12.8 Å². The molecule has 1 fully saturated rings. The van der Waals surface area contributed by atoms with Crippen molar-refractivity contribution in [1.82, 2.24) is 9.29 Å². The molecular weight excluding hydrogens is 339 g/mol. The maximum atomic E-state index is 13.3. The average Bonchev–Trinajstić information content (AvgIpc) is 2.98. The van der Waals surface area contributed by atoms with Crippen molar-refractivity contribution in [3.63, 3.8) is 0 Å². The van der Waals surface area contributed by atoms with E-state index in [2.05, 4.69) is 4.98 Å². The van der Waals surface area contributed by atoms with Crippen LogP contribution in [0.5, 0.6) is 0 Å². The Morgan fingerprint density at radius 2 is 2.09 bits per heavy atom. The van der Waals surface area contributed by atoms with Gasteiger partial charge >= 0.3 is 0 Å². The summed E-state index contributed by atoms with van der Waals surface area (Å²) in [5, 5.41) is 0.629. The highest BCUT2D eigenvalue weighted by molar-refractivity contribution is 7.89. The van der Waals surface area contributed by atoms with Crippen molar-refractivity contribution in [1.29, 1.82) is 0 Å². The molecule has 1 saturated heterocycles. The molecule has 2 heterocycles. The third kappa shape index (κ3) is 3.39. The van der Waals surface area contributed by atoms with Crippen LogP contribution in [0.15, 0.2) is 47.6 Å². The summed E-state index contributed by atoms with van der Waals surface area (Å²) in [7, 11) is -3.76. The smallest absolute Gasteiger partial charge is 0.244 e. The Morgan fingerprint density at radius 3 is 2.83 bits per heavy atom. The van der Waals surface area contributed by atoms with Crippen molar-refractivity contribution in [2.24, 2.45) is 0 Å². The lowest BCUT2D eigenvalue weighted by Crippen LogP contribution is -2.37. The summed E-state index contributed by atoms with van der Waals surface area (Å²) >= 11 is 6.17. The molecular formula is C16H16ClFN2O2S. The fraction of sp³-hybridized carbons (Fsp3) is 0.312. The Kier molecular flexibility index (Phi) is 4.66.